The van der Waals surface area contributed by atoms with Crippen molar-refractivity contribution in [3.63, 3.8) is 0 Å². The Morgan fingerprint density at radius 2 is 2.00 bits per heavy atom. The molecule has 1 unspecified atom stereocenters. The van der Waals surface area contributed by atoms with E-state index >= 15 is 0 Å². The molecule has 0 fully saturated rings. The molecule has 156 valence electrons. The minimum atomic E-state index is -0.282. The molecule has 1 amide bonds. The van der Waals surface area contributed by atoms with E-state index in [1.807, 2.05) is 19.9 Å². The molecule has 1 aliphatic rings. The average Bonchev–Trinajstić information content (AvgIpc) is 2.63. The van der Waals surface area contributed by atoms with Gasteiger partial charge in [-0.2, -0.15) is 0 Å². The largest absolute Gasteiger partial charge is 0.489 e. The minimum absolute atomic E-state index is 0.0192. The fourth-order valence-electron chi connectivity index (χ4n) is 3.58. The lowest BCUT2D eigenvalue weighted by Crippen LogP contribution is -2.39. The van der Waals surface area contributed by atoms with Crippen molar-refractivity contribution in [1.82, 2.24) is 9.88 Å². The van der Waals surface area contributed by atoms with Crippen molar-refractivity contribution in [3.05, 3.63) is 60.5 Å². The van der Waals surface area contributed by atoms with Crippen LogP contribution in [0.15, 0.2) is 16.9 Å². The van der Waals surface area contributed by atoms with Gasteiger partial charge in [-0.25, -0.2) is 0 Å². The van der Waals surface area contributed by atoms with Gasteiger partial charge in [-0.3, -0.25) is 9.59 Å². The molecule has 0 saturated heterocycles. The van der Waals surface area contributed by atoms with Crippen LogP contribution in [-0.2, 0) is 13.0 Å². The number of nitrogens with zero attached hydrogens (tertiary/aromatic N) is 1. The number of amides is 1. The topological polar surface area (TPSA) is 82.6 Å². The molecular formula is C21H24Cl2N2O4. The standard InChI is InChI=1S/C21H24Cl2N2O4/c1-11-8-12(2)24-20(27)15(11)10-25-6-4-14-16(22)9-17(29-13(3)5-7-26)19(23)18(14)21(25)28/h8-9,13,26H,4-7,10H2,1-3H3,(H,24,27). The van der Waals surface area contributed by atoms with Crippen molar-refractivity contribution in [1.29, 1.82) is 0 Å². The third-order valence-electron chi connectivity index (χ3n) is 5.12. The van der Waals surface area contributed by atoms with E-state index in [1.165, 1.54) is 0 Å². The predicted octanol–water partition coefficient (Wildman–Crippen LogP) is 3.65. The summed E-state index contributed by atoms with van der Waals surface area (Å²) in [6, 6.07) is 3.51. The maximum absolute atomic E-state index is 13.2. The molecule has 2 aromatic rings. The van der Waals surface area contributed by atoms with Crippen LogP contribution in [0.2, 0.25) is 10.0 Å². The smallest absolute Gasteiger partial charge is 0.256 e. The van der Waals surface area contributed by atoms with Crippen molar-refractivity contribution in [2.24, 2.45) is 0 Å². The quantitative estimate of drug-likeness (QED) is 0.720. The Labute approximate surface area is 179 Å². The maximum atomic E-state index is 13.2. The summed E-state index contributed by atoms with van der Waals surface area (Å²) in [6.45, 7) is 6.10. The van der Waals surface area contributed by atoms with Gasteiger partial charge in [0.15, 0.2) is 0 Å². The number of aryl methyl sites for hydroxylation is 2. The van der Waals surface area contributed by atoms with Gasteiger partial charge in [0, 0.05) is 41.9 Å². The zero-order valence-electron chi connectivity index (χ0n) is 16.6. The van der Waals surface area contributed by atoms with Crippen LogP contribution in [0.5, 0.6) is 5.75 Å². The number of pyridine rings is 1. The Bertz CT molecular complexity index is 1000. The first-order valence-corrected chi connectivity index (χ1v) is 10.3. The number of ether oxygens (including phenoxy) is 1. The highest BCUT2D eigenvalue weighted by Crippen LogP contribution is 2.39. The lowest BCUT2D eigenvalue weighted by molar-refractivity contribution is 0.0725. The number of aromatic nitrogens is 1. The third-order valence-corrected chi connectivity index (χ3v) is 5.84. The molecule has 0 bridgehead atoms. The van der Waals surface area contributed by atoms with Crippen molar-refractivity contribution in [2.45, 2.75) is 46.3 Å². The van der Waals surface area contributed by atoms with E-state index in [2.05, 4.69) is 4.98 Å². The van der Waals surface area contributed by atoms with Crippen LogP contribution in [0.4, 0.5) is 0 Å². The molecule has 6 nitrogen and oxygen atoms in total. The number of rotatable bonds is 6. The molecule has 0 saturated carbocycles. The highest BCUT2D eigenvalue weighted by atomic mass is 35.5. The number of aromatic amines is 1. The molecule has 0 radical (unpaired) electrons. The third kappa shape index (κ3) is 4.44. The Kier molecular flexibility index (Phi) is 6.56. The molecule has 0 aliphatic carbocycles. The van der Waals surface area contributed by atoms with Crippen LogP contribution in [0.25, 0.3) is 0 Å². The molecule has 1 aromatic carbocycles. The zero-order valence-corrected chi connectivity index (χ0v) is 18.2. The Morgan fingerprint density at radius 3 is 2.66 bits per heavy atom. The summed E-state index contributed by atoms with van der Waals surface area (Å²) in [5, 5.41) is 9.71. The van der Waals surface area contributed by atoms with E-state index in [0.29, 0.717) is 46.8 Å². The first kappa shape index (κ1) is 21.7. The first-order chi connectivity index (χ1) is 13.7. The summed E-state index contributed by atoms with van der Waals surface area (Å²) in [4.78, 5) is 30.0. The van der Waals surface area contributed by atoms with Gasteiger partial charge >= 0.3 is 0 Å². The van der Waals surface area contributed by atoms with Gasteiger partial charge in [-0.1, -0.05) is 23.2 Å². The SMILES string of the molecule is Cc1cc(C)c(CN2CCc3c(Cl)cc(OC(C)CCO)c(Cl)c3C2=O)c(=O)[nH]1. The molecule has 2 heterocycles. The number of carbonyl (C=O) groups is 1. The minimum Gasteiger partial charge on any atom is -0.489 e. The molecular weight excluding hydrogens is 415 g/mol. The van der Waals surface area contributed by atoms with Gasteiger partial charge in [0.25, 0.3) is 11.5 Å². The second kappa shape index (κ2) is 8.78. The van der Waals surface area contributed by atoms with Crippen molar-refractivity contribution >= 4 is 29.1 Å². The molecule has 0 spiro atoms. The maximum Gasteiger partial charge on any atom is 0.256 e. The summed E-state index contributed by atoms with van der Waals surface area (Å²) in [5.41, 5.74) is 2.98. The summed E-state index contributed by atoms with van der Waals surface area (Å²) < 4.78 is 5.78. The van der Waals surface area contributed by atoms with E-state index in [-0.39, 0.29) is 35.7 Å². The number of aliphatic hydroxyl groups excluding tert-OH is 1. The van der Waals surface area contributed by atoms with Crippen molar-refractivity contribution in [3.8, 4) is 5.75 Å². The van der Waals surface area contributed by atoms with Crippen LogP contribution in [0, 0.1) is 13.8 Å². The Balaban J connectivity index is 1.94. The van der Waals surface area contributed by atoms with E-state index < -0.39 is 0 Å². The van der Waals surface area contributed by atoms with Crippen LogP contribution < -0.4 is 10.3 Å². The molecule has 1 aliphatic heterocycles. The van der Waals surface area contributed by atoms with Gasteiger partial charge in [-0.15, -0.1) is 0 Å². The number of H-pyrrole nitrogens is 1. The Morgan fingerprint density at radius 1 is 1.28 bits per heavy atom. The molecule has 2 N–H and O–H groups in total. The first-order valence-electron chi connectivity index (χ1n) is 9.50. The average molecular weight is 439 g/mol. The molecule has 1 atom stereocenters. The summed E-state index contributed by atoms with van der Waals surface area (Å²) in [5.74, 6) is 0.0358. The van der Waals surface area contributed by atoms with Crippen molar-refractivity contribution < 1.29 is 14.6 Å². The molecule has 1 aromatic heterocycles. The Hall–Kier alpha value is -2.02. The van der Waals surface area contributed by atoms with Gasteiger partial charge in [0.05, 0.1) is 23.2 Å². The second-order valence-corrected chi connectivity index (χ2v) is 8.17. The number of nitrogens with one attached hydrogen (secondary N) is 1. The summed E-state index contributed by atoms with van der Waals surface area (Å²) in [6.07, 6.45) is 0.686. The van der Waals surface area contributed by atoms with Gasteiger partial charge in [0.2, 0.25) is 0 Å². The summed E-state index contributed by atoms with van der Waals surface area (Å²) >= 11 is 12.9. The lowest BCUT2D eigenvalue weighted by atomic mass is 9.97. The zero-order chi connectivity index (χ0) is 21.3. The number of hydrogen-bond donors (Lipinski definition) is 2. The fraction of sp³-hybridized carbons (Fsp3) is 0.429. The number of hydrogen-bond acceptors (Lipinski definition) is 4. The fourth-order valence-corrected chi connectivity index (χ4v) is 4.16. The van der Waals surface area contributed by atoms with Crippen LogP contribution in [-0.4, -0.2) is 40.2 Å². The van der Waals surface area contributed by atoms with Crippen LogP contribution in [0.3, 0.4) is 0 Å². The molecule has 3 rings (SSSR count). The highest BCUT2D eigenvalue weighted by Gasteiger charge is 2.31. The lowest BCUT2D eigenvalue weighted by Gasteiger charge is -2.31. The van der Waals surface area contributed by atoms with Crippen LogP contribution in [0.1, 0.15) is 46.1 Å². The van der Waals surface area contributed by atoms with Crippen LogP contribution >= 0.6 is 23.2 Å². The van der Waals surface area contributed by atoms with Gasteiger partial charge in [-0.05, 0) is 44.4 Å². The van der Waals surface area contributed by atoms with Crippen molar-refractivity contribution in [2.75, 3.05) is 13.2 Å². The van der Waals surface area contributed by atoms with E-state index in [1.54, 1.807) is 17.9 Å². The predicted molar refractivity (Wildman–Crippen MR) is 113 cm³/mol. The monoisotopic (exact) mass is 438 g/mol. The second-order valence-electron chi connectivity index (χ2n) is 7.38. The number of fused-ring (bicyclic) bond motifs is 1. The number of carbonyl (C=O) groups excluding carboxylic acids is 1. The number of halogens is 2. The summed E-state index contributed by atoms with van der Waals surface area (Å²) in [7, 11) is 0. The highest BCUT2D eigenvalue weighted by molar-refractivity contribution is 6.38. The van der Waals surface area contributed by atoms with E-state index in [0.717, 1.165) is 11.3 Å². The normalized spacial score (nSPS) is 14.7. The van der Waals surface area contributed by atoms with E-state index in [9.17, 15) is 9.59 Å². The van der Waals surface area contributed by atoms with E-state index in [4.69, 9.17) is 33.0 Å². The number of aliphatic hydroxyl groups is 1. The molecule has 29 heavy (non-hydrogen) atoms. The van der Waals surface area contributed by atoms with Gasteiger partial charge < -0.3 is 19.7 Å². The number of benzene rings is 1. The van der Waals surface area contributed by atoms with Gasteiger partial charge in [0.1, 0.15) is 5.75 Å². The molecule has 8 heteroatoms.